The van der Waals surface area contributed by atoms with Crippen LogP contribution >= 0.6 is 0 Å². The molecule has 0 fully saturated rings. The molecule has 0 aromatic heterocycles. The Balaban J connectivity index is 2.42. The lowest BCUT2D eigenvalue weighted by Gasteiger charge is -2.14. The van der Waals surface area contributed by atoms with E-state index in [0.717, 1.165) is 12.7 Å². The summed E-state index contributed by atoms with van der Waals surface area (Å²) in [5, 5.41) is 0. The highest BCUT2D eigenvalue weighted by molar-refractivity contribution is 5.80. The number of rotatable bonds is 12. The summed E-state index contributed by atoms with van der Waals surface area (Å²) < 4.78 is 11.3. The Labute approximate surface area is 134 Å². The Morgan fingerprint density at radius 1 is 1.00 bits per heavy atom. The fourth-order valence-electron chi connectivity index (χ4n) is 2.36. The molecule has 2 N–H and O–H groups in total. The van der Waals surface area contributed by atoms with Gasteiger partial charge in [-0.15, -0.1) is 0 Å². The van der Waals surface area contributed by atoms with Crippen molar-refractivity contribution in [3.05, 3.63) is 17.7 Å². The number of hydrogen-bond acceptors (Lipinski definition) is 4. The van der Waals surface area contributed by atoms with Crippen LogP contribution in [0.4, 0.5) is 5.69 Å². The SMILES string of the molecule is CCCCCCCCCOc1c(N)cc(C=O)cc1OCC. The molecule has 1 aromatic carbocycles. The number of carbonyl (C=O) groups excluding carboxylic acids is 1. The molecule has 0 spiro atoms. The van der Waals surface area contributed by atoms with E-state index in [4.69, 9.17) is 15.2 Å². The second kappa shape index (κ2) is 10.9. The molecule has 4 nitrogen and oxygen atoms in total. The number of hydrogen-bond donors (Lipinski definition) is 1. The van der Waals surface area contributed by atoms with Gasteiger partial charge in [-0.05, 0) is 25.5 Å². The van der Waals surface area contributed by atoms with Crippen LogP contribution in [0.25, 0.3) is 0 Å². The van der Waals surface area contributed by atoms with Crippen LogP contribution in [-0.4, -0.2) is 19.5 Å². The van der Waals surface area contributed by atoms with Gasteiger partial charge in [-0.1, -0.05) is 45.4 Å². The molecule has 0 heterocycles. The molecular weight excluding hydrogens is 278 g/mol. The zero-order valence-corrected chi connectivity index (χ0v) is 13.9. The zero-order valence-electron chi connectivity index (χ0n) is 13.9. The molecule has 0 atom stereocenters. The van der Waals surface area contributed by atoms with Crippen LogP contribution in [-0.2, 0) is 0 Å². The number of carbonyl (C=O) groups is 1. The lowest BCUT2D eigenvalue weighted by atomic mass is 10.1. The lowest BCUT2D eigenvalue weighted by Crippen LogP contribution is -2.05. The summed E-state index contributed by atoms with van der Waals surface area (Å²) in [6.07, 6.45) is 9.42. The van der Waals surface area contributed by atoms with Crippen LogP contribution in [0, 0.1) is 0 Å². The van der Waals surface area contributed by atoms with Crippen LogP contribution in [0.3, 0.4) is 0 Å². The first kappa shape index (κ1) is 18.3. The minimum absolute atomic E-state index is 0.455. The van der Waals surface area contributed by atoms with Crippen molar-refractivity contribution in [2.75, 3.05) is 18.9 Å². The van der Waals surface area contributed by atoms with Gasteiger partial charge in [-0.3, -0.25) is 4.79 Å². The standard InChI is InChI=1S/C18H29NO3/c1-3-5-6-7-8-9-10-11-22-18-16(19)12-15(14-20)13-17(18)21-4-2/h12-14H,3-11,19H2,1-2H3. The molecule has 22 heavy (non-hydrogen) atoms. The van der Waals surface area contributed by atoms with Gasteiger partial charge in [-0.25, -0.2) is 0 Å². The third-order valence-electron chi connectivity index (χ3n) is 3.54. The average molecular weight is 307 g/mol. The number of nitrogen functional groups attached to an aromatic ring is 1. The summed E-state index contributed by atoms with van der Waals surface area (Å²) in [7, 11) is 0. The first-order valence-electron chi connectivity index (χ1n) is 8.37. The second-order valence-corrected chi connectivity index (χ2v) is 5.46. The molecule has 4 heteroatoms. The highest BCUT2D eigenvalue weighted by atomic mass is 16.5. The lowest BCUT2D eigenvalue weighted by molar-refractivity contribution is 0.112. The van der Waals surface area contributed by atoms with Gasteiger partial charge in [-0.2, -0.15) is 0 Å². The zero-order chi connectivity index (χ0) is 16.2. The van der Waals surface area contributed by atoms with Gasteiger partial charge in [0.05, 0.1) is 18.9 Å². The molecular formula is C18H29NO3. The molecule has 0 aliphatic carbocycles. The van der Waals surface area contributed by atoms with Gasteiger partial charge in [0.25, 0.3) is 0 Å². The maximum absolute atomic E-state index is 10.9. The summed E-state index contributed by atoms with van der Waals surface area (Å²) >= 11 is 0. The summed E-state index contributed by atoms with van der Waals surface area (Å²) in [6.45, 7) is 5.25. The molecule has 0 radical (unpaired) electrons. The van der Waals surface area contributed by atoms with E-state index in [9.17, 15) is 4.79 Å². The monoisotopic (exact) mass is 307 g/mol. The Hall–Kier alpha value is -1.71. The van der Waals surface area contributed by atoms with Crippen LogP contribution in [0.2, 0.25) is 0 Å². The third kappa shape index (κ3) is 6.37. The second-order valence-electron chi connectivity index (χ2n) is 5.46. The van der Waals surface area contributed by atoms with Crippen molar-refractivity contribution in [3.63, 3.8) is 0 Å². The van der Waals surface area contributed by atoms with Gasteiger partial charge < -0.3 is 15.2 Å². The molecule has 0 aliphatic rings. The third-order valence-corrected chi connectivity index (χ3v) is 3.54. The summed E-state index contributed by atoms with van der Waals surface area (Å²) in [4.78, 5) is 10.9. The molecule has 0 saturated carbocycles. The average Bonchev–Trinajstić information content (AvgIpc) is 2.52. The maximum Gasteiger partial charge on any atom is 0.184 e. The van der Waals surface area contributed by atoms with E-state index in [2.05, 4.69) is 6.92 Å². The summed E-state index contributed by atoms with van der Waals surface area (Å²) in [5.41, 5.74) is 6.92. The summed E-state index contributed by atoms with van der Waals surface area (Å²) in [5.74, 6) is 1.10. The molecule has 0 unspecified atom stereocenters. The van der Waals surface area contributed by atoms with Crippen LogP contribution < -0.4 is 15.2 Å². The molecule has 0 aliphatic heterocycles. The number of anilines is 1. The Bertz CT molecular complexity index is 446. The molecule has 1 rings (SSSR count). The topological polar surface area (TPSA) is 61.5 Å². The predicted octanol–water partition coefficient (Wildman–Crippen LogP) is 4.61. The van der Waals surface area contributed by atoms with Crippen molar-refractivity contribution in [1.82, 2.24) is 0 Å². The van der Waals surface area contributed by atoms with Crippen molar-refractivity contribution >= 4 is 12.0 Å². The number of aldehydes is 1. The van der Waals surface area contributed by atoms with Gasteiger partial charge in [0.1, 0.15) is 6.29 Å². The fraction of sp³-hybridized carbons (Fsp3) is 0.611. The largest absolute Gasteiger partial charge is 0.490 e. The maximum atomic E-state index is 10.9. The van der Waals surface area contributed by atoms with E-state index in [1.54, 1.807) is 12.1 Å². The molecule has 0 bridgehead atoms. The molecule has 124 valence electrons. The quantitative estimate of drug-likeness (QED) is 0.348. The molecule has 1 aromatic rings. The van der Waals surface area contributed by atoms with Crippen molar-refractivity contribution < 1.29 is 14.3 Å². The Kier molecular flexibility index (Phi) is 9.12. The Morgan fingerprint density at radius 3 is 2.32 bits per heavy atom. The number of ether oxygens (including phenoxy) is 2. The summed E-state index contributed by atoms with van der Waals surface area (Å²) in [6, 6.07) is 3.29. The smallest absolute Gasteiger partial charge is 0.184 e. The van der Waals surface area contributed by atoms with Crippen molar-refractivity contribution in [3.8, 4) is 11.5 Å². The van der Waals surface area contributed by atoms with Crippen LogP contribution in [0.1, 0.15) is 69.2 Å². The van der Waals surface area contributed by atoms with Crippen molar-refractivity contribution in [2.24, 2.45) is 0 Å². The van der Waals surface area contributed by atoms with E-state index in [0.29, 0.717) is 36.0 Å². The number of unbranched alkanes of at least 4 members (excludes halogenated alkanes) is 6. The fourth-order valence-corrected chi connectivity index (χ4v) is 2.36. The molecule has 0 saturated heterocycles. The predicted molar refractivity (Wildman–Crippen MR) is 90.9 cm³/mol. The van der Waals surface area contributed by atoms with Gasteiger partial charge in [0.2, 0.25) is 0 Å². The van der Waals surface area contributed by atoms with Crippen molar-refractivity contribution in [1.29, 1.82) is 0 Å². The Morgan fingerprint density at radius 2 is 1.68 bits per heavy atom. The van der Waals surface area contributed by atoms with E-state index in [-0.39, 0.29) is 0 Å². The normalized spacial score (nSPS) is 10.5. The minimum atomic E-state index is 0.455. The first-order chi connectivity index (χ1) is 10.7. The number of benzene rings is 1. The van der Waals surface area contributed by atoms with Gasteiger partial charge in [0.15, 0.2) is 11.5 Å². The van der Waals surface area contributed by atoms with Crippen LogP contribution in [0.5, 0.6) is 11.5 Å². The minimum Gasteiger partial charge on any atom is -0.490 e. The van der Waals surface area contributed by atoms with E-state index in [1.165, 1.54) is 38.5 Å². The molecule has 0 amide bonds. The van der Waals surface area contributed by atoms with Crippen LogP contribution in [0.15, 0.2) is 12.1 Å². The van der Waals surface area contributed by atoms with Crippen molar-refractivity contribution in [2.45, 2.75) is 58.8 Å². The van der Waals surface area contributed by atoms with E-state index in [1.807, 2.05) is 6.92 Å². The highest BCUT2D eigenvalue weighted by Crippen LogP contribution is 2.35. The van der Waals surface area contributed by atoms with E-state index < -0.39 is 0 Å². The number of nitrogens with two attached hydrogens (primary N) is 1. The van der Waals surface area contributed by atoms with E-state index >= 15 is 0 Å². The van der Waals surface area contributed by atoms with Gasteiger partial charge in [0, 0.05) is 5.56 Å². The van der Waals surface area contributed by atoms with Gasteiger partial charge >= 0.3 is 0 Å². The first-order valence-corrected chi connectivity index (χ1v) is 8.37. The highest BCUT2D eigenvalue weighted by Gasteiger charge is 2.11.